The minimum absolute atomic E-state index is 0.00342. The standard InChI is InChI=1S/C21H30O2Si/c1-17(22)16-18(2)23-24(21(3,4)5,19-12-8-6-9-13-19)20-14-10-7-11-15-20/h6-15,17-18,22H,16H2,1-5H3/t17-,18-/m1/s1. The monoisotopic (exact) mass is 342 g/mol. The highest BCUT2D eigenvalue weighted by atomic mass is 28.4. The van der Waals surface area contributed by atoms with Crippen LogP contribution in [0.25, 0.3) is 0 Å². The molecule has 130 valence electrons. The molecule has 2 nitrogen and oxygen atoms in total. The van der Waals surface area contributed by atoms with Gasteiger partial charge in [-0.05, 0) is 35.7 Å². The first kappa shape index (κ1) is 18.9. The molecule has 0 spiro atoms. The maximum atomic E-state index is 9.80. The molecular weight excluding hydrogens is 312 g/mol. The first-order valence-electron chi connectivity index (χ1n) is 8.74. The third kappa shape index (κ3) is 3.97. The Morgan fingerprint density at radius 1 is 0.875 bits per heavy atom. The molecule has 0 aliphatic carbocycles. The summed E-state index contributed by atoms with van der Waals surface area (Å²) in [5.74, 6) is 0. The summed E-state index contributed by atoms with van der Waals surface area (Å²) in [6, 6.07) is 21.2. The Balaban J connectivity index is 2.62. The Morgan fingerprint density at radius 2 is 1.29 bits per heavy atom. The topological polar surface area (TPSA) is 29.5 Å². The molecule has 0 aromatic heterocycles. The predicted molar refractivity (Wildman–Crippen MR) is 104 cm³/mol. The third-order valence-electron chi connectivity index (χ3n) is 4.47. The van der Waals surface area contributed by atoms with Gasteiger partial charge < -0.3 is 9.53 Å². The second-order valence-corrected chi connectivity index (χ2v) is 11.9. The van der Waals surface area contributed by atoms with Crippen LogP contribution in [0.5, 0.6) is 0 Å². The van der Waals surface area contributed by atoms with Crippen LogP contribution in [0.1, 0.15) is 41.0 Å². The Hall–Kier alpha value is -1.42. The van der Waals surface area contributed by atoms with Crippen LogP contribution in [0.4, 0.5) is 0 Å². The van der Waals surface area contributed by atoms with Crippen molar-refractivity contribution >= 4 is 18.7 Å². The fourth-order valence-electron chi connectivity index (χ4n) is 3.52. The van der Waals surface area contributed by atoms with E-state index < -0.39 is 8.32 Å². The van der Waals surface area contributed by atoms with E-state index in [1.54, 1.807) is 0 Å². The highest BCUT2D eigenvalue weighted by Crippen LogP contribution is 2.37. The summed E-state index contributed by atoms with van der Waals surface area (Å²) in [5.41, 5.74) is 0. The molecule has 0 aliphatic heterocycles. The number of aliphatic hydroxyl groups excluding tert-OH is 1. The molecule has 2 aromatic rings. The second-order valence-electron chi connectivity index (χ2n) is 7.68. The van der Waals surface area contributed by atoms with Crippen molar-refractivity contribution in [2.24, 2.45) is 0 Å². The summed E-state index contributed by atoms with van der Waals surface area (Å²) in [7, 11) is -2.49. The molecule has 0 saturated carbocycles. The molecule has 0 heterocycles. The van der Waals surface area contributed by atoms with Gasteiger partial charge in [-0.15, -0.1) is 0 Å². The first-order valence-corrected chi connectivity index (χ1v) is 10.6. The van der Waals surface area contributed by atoms with Crippen LogP contribution >= 0.6 is 0 Å². The van der Waals surface area contributed by atoms with Gasteiger partial charge in [-0.25, -0.2) is 0 Å². The van der Waals surface area contributed by atoms with Crippen molar-refractivity contribution in [3.05, 3.63) is 60.7 Å². The molecule has 2 aromatic carbocycles. The van der Waals surface area contributed by atoms with Crippen molar-refractivity contribution in [1.29, 1.82) is 0 Å². The van der Waals surface area contributed by atoms with Gasteiger partial charge in [0.25, 0.3) is 8.32 Å². The lowest BCUT2D eigenvalue weighted by Gasteiger charge is -2.44. The van der Waals surface area contributed by atoms with Crippen LogP contribution in [0.15, 0.2) is 60.7 Å². The summed E-state index contributed by atoms with van der Waals surface area (Å²) < 4.78 is 6.86. The van der Waals surface area contributed by atoms with Crippen LogP contribution in [-0.4, -0.2) is 25.6 Å². The summed E-state index contributed by atoms with van der Waals surface area (Å²) in [6.45, 7) is 10.7. The van der Waals surface area contributed by atoms with E-state index in [1.165, 1.54) is 10.4 Å². The van der Waals surface area contributed by atoms with Gasteiger partial charge in [0.1, 0.15) is 0 Å². The zero-order valence-corrected chi connectivity index (χ0v) is 16.5. The molecule has 0 amide bonds. The number of hydrogen-bond acceptors (Lipinski definition) is 2. The van der Waals surface area contributed by atoms with Gasteiger partial charge in [0, 0.05) is 6.10 Å². The highest BCUT2D eigenvalue weighted by molar-refractivity contribution is 6.99. The van der Waals surface area contributed by atoms with Crippen molar-refractivity contribution in [3.8, 4) is 0 Å². The van der Waals surface area contributed by atoms with Crippen molar-refractivity contribution < 1.29 is 9.53 Å². The van der Waals surface area contributed by atoms with Crippen LogP contribution in [0, 0.1) is 0 Å². The molecule has 0 fully saturated rings. The maximum Gasteiger partial charge on any atom is 0.261 e. The predicted octanol–water partition coefficient (Wildman–Crippen LogP) is 3.72. The molecule has 3 heteroatoms. The van der Waals surface area contributed by atoms with E-state index in [9.17, 15) is 5.11 Å². The lowest BCUT2D eigenvalue weighted by atomic mass is 10.2. The average Bonchev–Trinajstić information content (AvgIpc) is 2.52. The van der Waals surface area contributed by atoms with Crippen LogP contribution in [-0.2, 0) is 4.43 Å². The summed E-state index contributed by atoms with van der Waals surface area (Å²) in [4.78, 5) is 0. The van der Waals surface area contributed by atoms with Gasteiger partial charge in [-0.2, -0.15) is 0 Å². The van der Waals surface area contributed by atoms with E-state index in [1.807, 2.05) is 6.92 Å². The normalized spacial score (nSPS) is 15.1. The molecule has 1 N–H and O–H groups in total. The Bertz CT molecular complexity index is 578. The summed E-state index contributed by atoms with van der Waals surface area (Å²) in [5, 5.41) is 12.3. The third-order valence-corrected chi connectivity index (χ3v) is 9.63. The molecule has 0 radical (unpaired) electrons. The van der Waals surface area contributed by atoms with Gasteiger partial charge in [0.2, 0.25) is 0 Å². The Morgan fingerprint density at radius 3 is 1.62 bits per heavy atom. The molecule has 2 atom stereocenters. The molecule has 2 rings (SSSR count). The van der Waals surface area contributed by atoms with E-state index in [-0.39, 0.29) is 17.2 Å². The molecule has 0 bridgehead atoms. The quantitative estimate of drug-likeness (QED) is 0.811. The number of benzene rings is 2. The SMILES string of the molecule is C[C@H](C[C@@H](C)O)O[Si](c1ccccc1)(c1ccccc1)C(C)(C)C. The van der Waals surface area contributed by atoms with Gasteiger partial charge in [-0.3, -0.25) is 0 Å². The van der Waals surface area contributed by atoms with Gasteiger partial charge in [0.05, 0.1) is 6.10 Å². The van der Waals surface area contributed by atoms with Gasteiger partial charge >= 0.3 is 0 Å². The number of hydrogen-bond donors (Lipinski definition) is 1. The first-order chi connectivity index (χ1) is 11.3. The highest BCUT2D eigenvalue weighted by Gasteiger charge is 2.50. The number of aliphatic hydroxyl groups is 1. The fraction of sp³-hybridized carbons (Fsp3) is 0.429. The molecular formula is C21H30O2Si. The maximum absolute atomic E-state index is 9.80. The van der Waals surface area contributed by atoms with Crippen LogP contribution < -0.4 is 10.4 Å². The van der Waals surface area contributed by atoms with E-state index in [0.717, 1.165) is 0 Å². The van der Waals surface area contributed by atoms with Gasteiger partial charge in [0.15, 0.2) is 0 Å². The van der Waals surface area contributed by atoms with E-state index in [4.69, 9.17) is 4.43 Å². The largest absolute Gasteiger partial charge is 0.405 e. The number of rotatable bonds is 6. The molecule has 24 heavy (non-hydrogen) atoms. The lowest BCUT2D eigenvalue weighted by Crippen LogP contribution is -2.67. The average molecular weight is 343 g/mol. The van der Waals surface area contributed by atoms with Crippen molar-refractivity contribution in [1.82, 2.24) is 0 Å². The van der Waals surface area contributed by atoms with E-state index >= 15 is 0 Å². The fourth-order valence-corrected chi connectivity index (χ4v) is 8.24. The lowest BCUT2D eigenvalue weighted by molar-refractivity contribution is 0.109. The minimum atomic E-state index is -2.49. The molecule has 0 saturated heterocycles. The van der Waals surface area contributed by atoms with Crippen molar-refractivity contribution in [2.75, 3.05) is 0 Å². The second kappa shape index (κ2) is 7.64. The van der Waals surface area contributed by atoms with E-state index in [0.29, 0.717) is 6.42 Å². The summed E-state index contributed by atoms with van der Waals surface area (Å²) >= 11 is 0. The smallest absolute Gasteiger partial charge is 0.261 e. The van der Waals surface area contributed by atoms with Crippen LogP contribution in [0.2, 0.25) is 5.04 Å². The Kier molecular flexibility index (Phi) is 6.02. The van der Waals surface area contributed by atoms with Crippen molar-refractivity contribution in [3.63, 3.8) is 0 Å². The van der Waals surface area contributed by atoms with Crippen molar-refractivity contribution in [2.45, 2.75) is 58.3 Å². The Labute approximate surface area is 147 Å². The molecule has 0 aliphatic rings. The van der Waals surface area contributed by atoms with Gasteiger partial charge in [-0.1, -0.05) is 81.4 Å². The molecule has 0 unspecified atom stereocenters. The van der Waals surface area contributed by atoms with Crippen LogP contribution in [0.3, 0.4) is 0 Å². The zero-order chi connectivity index (χ0) is 17.8. The van der Waals surface area contributed by atoms with E-state index in [2.05, 4.69) is 88.4 Å². The summed E-state index contributed by atoms with van der Waals surface area (Å²) in [6.07, 6.45) is 0.277. The zero-order valence-electron chi connectivity index (χ0n) is 15.5. The minimum Gasteiger partial charge on any atom is -0.405 e.